The van der Waals surface area contributed by atoms with Crippen molar-refractivity contribution < 1.29 is 37.8 Å². The molecule has 0 aromatic heterocycles. The molecule has 1 aliphatic rings. The monoisotopic (exact) mass is 529 g/mol. The van der Waals surface area contributed by atoms with Crippen molar-refractivity contribution >= 4 is 60.8 Å². The van der Waals surface area contributed by atoms with Crippen molar-refractivity contribution in [2.24, 2.45) is 10.8 Å². The van der Waals surface area contributed by atoms with Crippen LogP contribution in [0.2, 0.25) is 0 Å². The minimum absolute atomic E-state index is 0.0110. The number of nitrogens with zero attached hydrogens (tertiary/aromatic N) is 1. The zero-order valence-electron chi connectivity index (χ0n) is 21.6. The first-order valence-electron chi connectivity index (χ1n) is 11.6. The Morgan fingerprint density at radius 1 is 0.714 bits per heavy atom. The van der Waals surface area contributed by atoms with Crippen LogP contribution in [-0.4, -0.2) is 74.8 Å². The maximum atomic E-state index is 12.1. The fraction of sp³-hybridized carbons (Fsp3) is 0.818. The van der Waals surface area contributed by atoms with E-state index in [-0.39, 0.29) is 42.6 Å². The highest BCUT2D eigenvalue weighted by atomic mass is 33.1. The van der Waals surface area contributed by atoms with Gasteiger partial charge in [-0.05, 0) is 17.3 Å². The molecule has 2 radical (unpaired) electrons. The molecule has 0 N–H and O–H groups in total. The number of carbonyl (C=O) groups excluding carboxylic acids is 4. The summed E-state index contributed by atoms with van der Waals surface area (Å²) in [4.78, 5) is 49.6. The fourth-order valence-corrected chi connectivity index (χ4v) is 5.68. The van der Waals surface area contributed by atoms with E-state index in [1.54, 1.807) is 21.6 Å². The minimum atomic E-state index is -0.532. The standard InChI is InChI=1S/C22H37B2NO8S2/c1-21(2,3)10-7-17(26)30-23-31-18(27)8-11-25(16-14-34-35-15-16)12-9-19(28)32-24-33-20(29)13-22(4,5)6/h16H,7-15H2,1-6H3. The Kier molecular flexibility index (Phi) is 14.2. The number of carbonyl (C=O) groups is 4. The normalized spacial score (nSPS) is 14.4. The molecule has 0 bridgehead atoms. The van der Waals surface area contributed by atoms with E-state index in [1.165, 1.54) is 0 Å². The van der Waals surface area contributed by atoms with Gasteiger partial charge in [0.15, 0.2) is 0 Å². The highest BCUT2D eigenvalue weighted by Gasteiger charge is 2.26. The minimum Gasteiger partial charge on any atom is -0.500 e. The van der Waals surface area contributed by atoms with Crippen LogP contribution < -0.4 is 0 Å². The van der Waals surface area contributed by atoms with Crippen LogP contribution in [0.15, 0.2) is 0 Å². The lowest BCUT2D eigenvalue weighted by Crippen LogP contribution is -2.40. The van der Waals surface area contributed by atoms with Crippen LogP contribution in [0, 0.1) is 10.8 Å². The lowest BCUT2D eigenvalue weighted by atomic mass is 9.91. The quantitative estimate of drug-likeness (QED) is 0.244. The van der Waals surface area contributed by atoms with Crippen molar-refractivity contribution in [3.63, 3.8) is 0 Å². The first-order valence-corrected chi connectivity index (χ1v) is 14.1. The highest BCUT2D eigenvalue weighted by molar-refractivity contribution is 8.77. The van der Waals surface area contributed by atoms with Gasteiger partial charge in [-0.1, -0.05) is 63.1 Å². The molecule has 0 aliphatic carbocycles. The molecule has 1 rings (SSSR count). The second-order valence-electron chi connectivity index (χ2n) is 10.7. The third-order valence-electron chi connectivity index (χ3n) is 4.80. The fourth-order valence-electron chi connectivity index (χ4n) is 2.85. The molecule has 1 aliphatic heterocycles. The van der Waals surface area contributed by atoms with Gasteiger partial charge in [-0.2, -0.15) is 0 Å². The van der Waals surface area contributed by atoms with Crippen molar-refractivity contribution in [2.75, 3.05) is 24.6 Å². The van der Waals surface area contributed by atoms with E-state index in [0.717, 1.165) is 26.9 Å². The summed E-state index contributed by atoms with van der Waals surface area (Å²) in [5.41, 5.74) is -0.212. The Morgan fingerprint density at radius 3 is 1.57 bits per heavy atom. The van der Waals surface area contributed by atoms with Gasteiger partial charge < -0.3 is 18.6 Å². The van der Waals surface area contributed by atoms with E-state index in [0.29, 0.717) is 19.5 Å². The first kappa shape index (κ1) is 31.7. The molecule has 0 unspecified atom stereocenters. The third-order valence-corrected chi connectivity index (χ3v) is 7.32. The Bertz CT molecular complexity index is 707. The highest BCUT2D eigenvalue weighted by Crippen LogP contribution is 2.33. The van der Waals surface area contributed by atoms with E-state index in [1.807, 2.05) is 46.4 Å². The van der Waals surface area contributed by atoms with Gasteiger partial charge in [-0.3, -0.25) is 24.1 Å². The summed E-state index contributed by atoms with van der Waals surface area (Å²) in [6, 6.07) is 0.207. The molecule has 1 fully saturated rings. The summed E-state index contributed by atoms with van der Waals surface area (Å²) in [5, 5.41) is 0. The number of hydrogen-bond donors (Lipinski definition) is 0. The predicted molar refractivity (Wildman–Crippen MR) is 138 cm³/mol. The van der Waals surface area contributed by atoms with Crippen molar-refractivity contribution in [1.82, 2.24) is 4.90 Å². The molecule has 1 saturated heterocycles. The maximum Gasteiger partial charge on any atom is 0.662 e. The Hall–Kier alpha value is -1.33. The molecule has 196 valence electrons. The van der Waals surface area contributed by atoms with Gasteiger partial charge in [0.05, 0.1) is 12.8 Å². The summed E-state index contributed by atoms with van der Waals surface area (Å²) in [6.45, 7) is 12.6. The second-order valence-corrected chi connectivity index (χ2v) is 13.3. The molecule has 0 aromatic rings. The van der Waals surface area contributed by atoms with Crippen molar-refractivity contribution in [2.45, 2.75) is 79.7 Å². The molecular formula is C22H37B2NO8S2. The van der Waals surface area contributed by atoms with Crippen LogP contribution in [0.3, 0.4) is 0 Å². The second kappa shape index (κ2) is 15.7. The molecule has 0 spiro atoms. The lowest BCUT2D eigenvalue weighted by molar-refractivity contribution is -0.141. The molecule has 1 heterocycles. The van der Waals surface area contributed by atoms with E-state index in [2.05, 4.69) is 0 Å². The van der Waals surface area contributed by atoms with Gasteiger partial charge in [-0.15, -0.1) is 0 Å². The largest absolute Gasteiger partial charge is 0.662 e. The molecule has 35 heavy (non-hydrogen) atoms. The molecule has 0 atom stereocenters. The zero-order valence-corrected chi connectivity index (χ0v) is 23.3. The summed E-state index contributed by atoms with van der Waals surface area (Å²) in [6.07, 6.45) is 1.26. The summed E-state index contributed by atoms with van der Waals surface area (Å²) in [7, 11) is 5.04. The Balaban J connectivity index is 2.33. The predicted octanol–water partition coefficient (Wildman–Crippen LogP) is 3.34. The molecule has 9 nitrogen and oxygen atoms in total. The van der Waals surface area contributed by atoms with Crippen molar-refractivity contribution in [3.8, 4) is 0 Å². The van der Waals surface area contributed by atoms with Crippen LogP contribution in [0.25, 0.3) is 0 Å². The molecule has 0 amide bonds. The molecular weight excluding hydrogens is 492 g/mol. The van der Waals surface area contributed by atoms with Gasteiger partial charge in [-0.25, -0.2) is 0 Å². The molecule has 13 heteroatoms. The Morgan fingerprint density at radius 2 is 1.14 bits per heavy atom. The average molecular weight is 529 g/mol. The van der Waals surface area contributed by atoms with Crippen LogP contribution in [0.4, 0.5) is 0 Å². The van der Waals surface area contributed by atoms with Gasteiger partial charge in [0.1, 0.15) is 0 Å². The van der Waals surface area contributed by atoms with Gasteiger partial charge >= 0.3 is 15.4 Å². The maximum absolute atomic E-state index is 12.1. The zero-order chi connectivity index (χ0) is 26.5. The number of rotatable bonds is 14. The number of hydrogen-bond acceptors (Lipinski definition) is 11. The summed E-state index contributed by atoms with van der Waals surface area (Å²) >= 11 is 0. The summed E-state index contributed by atoms with van der Waals surface area (Å²) < 4.78 is 19.5. The molecule has 0 aromatic carbocycles. The topological polar surface area (TPSA) is 108 Å². The van der Waals surface area contributed by atoms with Crippen LogP contribution >= 0.6 is 21.6 Å². The average Bonchev–Trinajstić information content (AvgIpc) is 3.25. The van der Waals surface area contributed by atoms with Crippen LogP contribution in [0.1, 0.15) is 73.6 Å². The smallest absolute Gasteiger partial charge is 0.500 e. The van der Waals surface area contributed by atoms with E-state index < -0.39 is 23.9 Å². The van der Waals surface area contributed by atoms with Crippen LogP contribution in [0.5, 0.6) is 0 Å². The summed E-state index contributed by atoms with van der Waals surface area (Å²) in [5.74, 6) is -0.226. The van der Waals surface area contributed by atoms with Gasteiger partial charge in [0.25, 0.3) is 23.9 Å². The van der Waals surface area contributed by atoms with Gasteiger partial charge in [0, 0.05) is 43.5 Å². The van der Waals surface area contributed by atoms with E-state index in [9.17, 15) is 19.2 Å². The third kappa shape index (κ3) is 16.9. The molecule has 0 saturated carbocycles. The van der Waals surface area contributed by atoms with Crippen molar-refractivity contribution in [1.29, 1.82) is 0 Å². The van der Waals surface area contributed by atoms with E-state index >= 15 is 0 Å². The SMILES string of the molecule is CC(C)(C)CCC(=O)O[B]OC(=O)CCN(CCC(=O)O[B]OC(=O)CC(C)(C)C)C1CSSC1. The first-order chi connectivity index (χ1) is 16.2. The van der Waals surface area contributed by atoms with Gasteiger partial charge in [0.2, 0.25) is 0 Å². The lowest BCUT2D eigenvalue weighted by Gasteiger charge is -2.27. The Labute approximate surface area is 218 Å². The van der Waals surface area contributed by atoms with E-state index in [4.69, 9.17) is 18.6 Å². The van der Waals surface area contributed by atoms with Crippen molar-refractivity contribution in [3.05, 3.63) is 0 Å². The van der Waals surface area contributed by atoms with Crippen LogP contribution in [-0.2, 0) is 37.8 Å².